The molecule has 128 valence electrons. The second kappa shape index (κ2) is 5.59. The number of hydrazone groups is 1. The van der Waals surface area contributed by atoms with Crippen LogP contribution in [0.5, 0.6) is 0 Å². The van der Waals surface area contributed by atoms with Crippen LogP contribution in [-0.2, 0) is 11.2 Å². The molecule has 0 saturated heterocycles. The highest BCUT2D eigenvalue weighted by Crippen LogP contribution is 2.44. The maximum Gasteiger partial charge on any atom is 0.258 e. The lowest BCUT2D eigenvalue weighted by atomic mass is 9.71. The van der Waals surface area contributed by atoms with Crippen molar-refractivity contribution in [3.8, 4) is 5.69 Å². The molecule has 7 nitrogen and oxygen atoms in total. The summed E-state index contributed by atoms with van der Waals surface area (Å²) in [4.78, 5) is 12.5. The molecule has 1 amide bonds. The molecule has 1 N–H and O–H groups in total. The van der Waals surface area contributed by atoms with Crippen molar-refractivity contribution < 1.29 is 4.79 Å². The zero-order valence-corrected chi connectivity index (χ0v) is 13.9. The second-order valence-electron chi connectivity index (χ2n) is 6.65. The lowest BCUT2D eigenvalue weighted by Gasteiger charge is -2.34. The van der Waals surface area contributed by atoms with Crippen molar-refractivity contribution in [2.24, 2.45) is 20.7 Å². The molecule has 1 aliphatic carbocycles. The van der Waals surface area contributed by atoms with E-state index in [1.54, 1.807) is 6.20 Å². The van der Waals surface area contributed by atoms with E-state index in [1.807, 2.05) is 47.3 Å². The smallest absolute Gasteiger partial charge is 0.258 e. The zero-order valence-electron chi connectivity index (χ0n) is 13.9. The minimum absolute atomic E-state index is 0.0664. The SMILES string of the molecule is O=C1NN=C2C=CC=C3N=NC(Cc4ccc(-n5cccn5)cc4)CC132. The molecule has 26 heavy (non-hydrogen) atoms. The number of benzene rings is 1. The summed E-state index contributed by atoms with van der Waals surface area (Å²) < 4.78 is 1.82. The van der Waals surface area contributed by atoms with Crippen LogP contribution in [0.3, 0.4) is 0 Å². The first-order chi connectivity index (χ1) is 12.8. The Morgan fingerprint density at radius 1 is 1.27 bits per heavy atom. The van der Waals surface area contributed by atoms with Crippen LogP contribution in [0.2, 0.25) is 0 Å². The van der Waals surface area contributed by atoms with Gasteiger partial charge < -0.3 is 0 Å². The number of carbonyl (C=O) groups excluding carboxylic acids is 1. The van der Waals surface area contributed by atoms with E-state index in [0.29, 0.717) is 12.1 Å². The normalized spacial score (nSPS) is 26.0. The summed E-state index contributed by atoms with van der Waals surface area (Å²) in [5.74, 6) is -0.110. The van der Waals surface area contributed by atoms with Crippen LogP contribution in [-0.4, -0.2) is 27.4 Å². The Hall–Kier alpha value is -3.35. The van der Waals surface area contributed by atoms with Crippen LogP contribution < -0.4 is 5.43 Å². The predicted octanol–water partition coefficient (Wildman–Crippen LogP) is 2.57. The molecular weight excluding hydrogens is 328 g/mol. The molecule has 2 unspecified atom stereocenters. The van der Waals surface area contributed by atoms with Crippen molar-refractivity contribution >= 4 is 11.6 Å². The Kier molecular flexibility index (Phi) is 3.21. The van der Waals surface area contributed by atoms with E-state index in [9.17, 15) is 4.79 Å². The molecule has 1 aromatic carbocycles. The predicted molar refractivity (Wildman–Crippen MR) is 95.8 cm³/mol. The number of hydrogen-bond acceptors (Lipinski definition) is 5. The Bertz CT molecular complexity index is 984. The van der Waals surface area contributed by atoms with Crippen LogP contribution >= 0.6 is 0 Å². The lowest BCUT2D eigenvalue weighted by Crippen LogP contribution is -2.44. The number of aromatic nitrogens is 2. The lowest BCUT2D eigenvalue weighted by molar-refractivity contribution is -0.125. The first-order valence-corrected chi connectivity index (χ1v) is 8.53. The summed E-state index contributed by atoms with van der Waals surface area (Å²) in [7, 11) is 0. The third-order valence-corrected chi connectivity index (χ3v) is 5.10. The fourth-order valence-corrected chi connectivity index (χ4v) is 3.77. The number of hydrogen-bond donors (Lipinski definition) is 1. The van der Waals surface area contributed by atoms with Gasteiger partial charge >= 0.3 is 0 Å². The topological polar surface area (TPSA) is 84.0 Å². The number of rotatable bonds is 3. The maximum atomic E-state index is 12.5. The minimum atomic E-state index is -0.782. The second-order valence-corrected chi connectivity index (χ2v) is 6.65. The first-order valence-electron chi connectivity index (χ1n) is 8.53. The van der Waals surface area contributed by atoms with Crippen molar-refractivity contribution in [2.45, 2.75) is 18.9 Å². The molecule has 7 heteroatoms. The standard InChI is InChI=1S/C19H16N6O/c26-18-19-12-14(21-22-16(19)3-1-4-17(19)23-24-18)11-13-5-7-15(8-6-13)25-10-2-9-20-25/h1-10,14H,11-12H2,(H,24,26). The molecule has 3 heterocycles. The quantitative estimate of drug-likeness (QED) is 0.928. The van der Waals surface area contributed by atoms with Gasteiger partial charge in [0.05, 0.1) is 23.1 Å². The Balaban J connectivity index is 1.39. The van der Waals surface area contributed by atoms with Crippen LogP contribution in [0.15, 0.2) is 82.0 Å². The van der Waals surface area contributed by atoms with Crippen molar-refractivity contribution in [2.75, 3.05) is 0 Å². The van der Waals surface area contributed by atoms with Crippen molar-refractivity contribution in [1.82, 2.24) is 15.2 Å². The van der Waals surface area contributed by atoms with Gasteiger partial charge in [0.25, 0.3) is 5.91 Å². The third kappa shape index (κ3) is 2.17. The molecule has 5 rings (SSSR count). The van der Waals surface area contributed by atoms with Gasteiger partial charge in [-0.2, -0.15) is 20.4 Å². The van der Waals surface area contributed by atoms with E-state index in [4.69, 9.17) is 0 Å². The van der Waals surface area contributed by atoms with Crippen molar-refractivity contribution in [3.05, 3.63) is 72.2 Å². The van der Waals surface area contributed by atoms with Gasteiger partial charge in [-0.15, -0.1) is 0 Å². The molecule has 0 fully saturated rings. The van der Waals surface area contributed by atoms with Crippen LogP contribution in [0.1, 0.15) is 12.0 Å². The summed E-state index contributed by atoms with van der Waals surface area (Å²) >= 11 is 0. The number of nitrogens with zero attached hydrogens (tertiary/aromatic N) is 5. The van der Waals surface area contributed by atoms with Crippen molar-refractivity contribution in [1.29, 1.82) is 0 Å². The summed E-state index contributed by atoms with van der Waals surface area (Å²) in [6.45, 7) is 0. The molecule has 0 bridgehead atoms. The first kappa shape index (κ1) is 14.9. The fraction of sp³-hybridized carbons (Fsp3) is 0.211. The van der Waals surface area contributed by atoms with E-state index >= 15 is 0 Å². The number of nitrogens with one attached hydrogen (secondary N) is 1. The molecule has 2 aromatic rings. The largest absolute Gasteiger partial charge is 0.272 e. The van der Waals surface area contributed by atoms with E-state index in [-0.39, 0.29) is 11.9 Å². The van der Waals surface area contributed by atoms with Gasteiger partial charge in [0.1, 0.15) is 5.41 Å². The molecule has 1 spiro atoms. The fourth-order valence-electron chi connectivity index (χ4n) is 3.77. The molecule has 0 saturated carbocycles. The van der Waals surface area contributed by atoms with E-state index in [0.717, 1.165) is 23.4 Å². The van der Waals surface area contributed by atoms with Crippen LogP contribution in [0.4, 0.5) is 0 Å². The van der Waals surface area contributed by atoms with Gasteiger partial charge in [-0.05, 0) is 48.8 Å². The summed E-state index contributed by atoms with van der Waals surface area (Å²) in [5.41, 5.74) is 5.40. The Labute approximate surface area is 149 Å². The van der Waals surface area contributed by atoms with Gasteiger partial charge in [-0.3, -0.25) is 4.79 Å². The summed E-state index contributed by atoms with van der Waals surface area (Å²) in [5, 5.41) is 17.2. The number of amides is 1. The number of azo groups is 1. The van der Waals surface area contributed by atoms with Gasteiger partial charge in [-0.1, -0.05) is 18.2 Å². The number of carbonyl (C=O) groups is 1. The monoisotopic (exact) mass is 344 g/mol. The molecule has 0 radical (unpaired) electrons. The highest BCUT2D eigenvalue weighted by molar-refractivity contribution is 6.20. The van der Waals surface area contributed by atoms with E-state index < -0.39 is 5.41 Å². The van der Waals surface area contributed by atoms with Gasteiger partial charge in [0.15, 0.2) is 0 Å². The molecule has 3 aliphatic rings. The molecular formula is C19H16N6O. The summed E-state index contributed by atoms with van der Waals surface area (Å²) in [6, 6.07) is 10.0. The molecule has 1 aromatic heterocycles. The van der Waals surface area contributed by atoms with E-state index in [1.165, 1.54) is 0 Å². The zero-order chi connectivity index (χ0) is 17.6. The van der Waals surface area contributed by atoms with Gasteiger partial charge in [-0.25, -0.2) is 10.1 Å². The van der Waals surface area contributed by atoms with Gasteiger partial charge in [0, 0.05) is 12.4 Å². The molecule has 2 aliphatic heterocycles. The Morgan fingerprint density at radius 3 is 2.96 bits per heavy atom. The molecule has 2 atom stereocenters. The average Bonchev–Trinajstić information content (AvgIpc) is 3.31. The highest BCUT2D eigenvalue weighted by atomic mass is 16.2. The highest BCUT2D eigenvalue weighted by Gasteiger charge is 2.53. The van der Waals surface area contributed by atoms with Crippen LogP contribution in [0.25, 0.3) is 5.69 Å². The van der Waals surface area contributed by atoms with E-state index in [2.05, 4.69) is 38.0 Å². The summed E-state index contributed by atoms with van der Waals surface area (Å²) in [6.07, 6.45) is 10.6. The average molecular weight is 344 g/mol. The maximum absolute atomic E-state index is 12.5. The van der Waals surface area contributed by atoms with Crippen molar-refractivity contribution in [3.63, 3.8) is 0 Å². The number of allylic oxidation sites excluding steroid dienone is 3. The Morgan fingerprint density at radius 2 is 2.15 bits per heavy atom. The minimum Gasteiger partial charge on any atom is -0.272 e. The third-order valence-electron chi connectivity index (χ3n) is 5.10. The van der Waals surface area contributed by atoms with Crippen LogP contribution in [0, 0.1) is 5.41 Å². The van der Waals surface area contributed by atoms with Gasteiger partial charge in [0.2, 0.25) is 0 Å².